The van der Waals surface area contributed by atoms with Gasteiger partial charge in [-0.25, -0.2) is 4.79 Å². The SMILES string of the molecule is Cc1ccccc1CC(=O)N1CCC(CNC(=O)CNC(=O)OC(C)(C)C)CC1. The van der Waals surface area contributed by atoms with Crippen molar-refractivity contribution in [3.8, 4) is 0 Å². The summed E-state index contributed by atoms with van der Waals surface area (Å²) in [5.74, 6) is 0.250. The van der Waals surface area contributed by atoms with Crippen molar-refractivity contribution in [2.75, 3.05) is 26.2 Å². The molecule has 2 rings (SSSR count). The van der Waals surface area contributed by atoms with Crippen molar-refractivity contribution in [3.63, 3.8) is 0 Å². The molecule has 1 aliphatic rings. The molecule has 7 heteroatoms. The lowest BCUT2D eigenvalue weighted by molar-refractivity contribution is -0.132. The summed E-state index contributed by atoms with van der Waals surface area (Å²) in [6, 6.07) is 7.96. The summed E-state index contributed by atoms with van der Waals surface area (Å²) in [5.41, 5.74) is 1.62. The zero-order valence-electron chi connectivity index (χ0n) is 17.9. The summed E-state index contributed by atoms with van der Waals surface area (Å²) in [4.78, 5) is 37.9. The summed E-state index contributed by atoms with van der Waals surface area (Å²) in [6.45, 7) is 9.19. The van der Waals surface area contributed by atoms with Crippen LogP contribution in [0.15, 0.2) is 24.3 Å². The number of benzene rings is 1. The van der Waals surface area contributed by atoms with Gasteiger partial charge < -0.3 is 20.3 Å². The number of nitrogens with one attached hydrogen (secondary N) is 2. The predicted octanol–water partition coefficient (Wildman–Crippen LogP) is 2.42. The van der Waals surface area contributed by atoms with Gasteiger partial charge in [-0.2, -0.15) is 0 Å². The van der Waals surface area contributed by atoms with Crippen molar-refractivity contribution in [1.82, 2.24) is 15.5 Å². The van der Waals surface area contributed by atoms with Crippen LogP contribution in [0.5, 0.6) is 0 Å². The number of likely N-dealkylation sites (tertiary alicyclic amines) is 1. The second-order valence-electron chi connectivity index (χ2n) is 8.59. The Morgan fingerprint density at radius 1 is 1.10 bits per heavy atom. The fourth-order valence-electron chi connectivity index (χ4n) is 3.26. The van der Waals surface area contributed by atoms with E-state index < -0.39 is 11.7 Å². The van der Waals surface area contributed by atoms with Crippen LogP contribution < -0.4 is 10.6 Å². The van der Waals surface area contributed by atoms with Gasteiger partial charge in [-0.15, -0.1) is 0 Å². The Morgan fingerprint density at radius 3 is 2.38 bits per heavy atom. The van der Waals surface area contributed by atoms with E-state index in [0.29, 0.717) is 32.0 Å². The van der Waals surface area contributed by atoms with Crippen molar-refractivity contribution >= 4 is 17.9 Å². The lowest BCUT2D eigenvalue weighted by Gasteiger charge is -2.32. The Labute approximate surface area is 173 Å². The largest absolute Gasteiger partial charge is 0.444 e. The molecular formula is C22H33N3O4. The molecule has 1 fully saturated rings. The highest BCUT2D eigenvalue weighted by Gasteiger charge is 2.23. The van der Waals surface area contributed by atoms with Gasteiger partial charge in [0.25, 0.3) is 0 Å². The fraction of sp³-hybridized carbons (Fsp3) is 0.591. The summed E-state index contributed by atoms with van der Waals surface area (Å²) >= 11 is 0. The molecule has 0 saturated carbocycles. The van der Waals surface area contributed by atoms with Crippen molar-refractivity contribution < 1.29 is 19.1 Å². The molecule has 1 aliphatic heterocycles. The van der Waals surface area contributed by atoms with Gasteiger partial charge in [-0.05, 0) is 57.6 Å². The summed E-state index contributed by atoms with van der Waals surface area (Å²) in [5, 5.41) is 5.30. The molecule has 1 saturated heterocycles. The van der Waals surface area contributed by atoms with Gasteiger partial charge in [-0.1, -0.05) is 24.3 Å². The van der Waals surface area contributed by atoms with Gasteiger partial charge >= 0.3 is 6.09 Å². The highest BCUT2D eigenvalue weighted by Crippen LogP contribution is 2.18. The first-order chi connectivity index (χ1) is 13.6. The van der Waals surface area contributed by atoms with Crippen LogP contribution in [-0.4, -0.2) is 54.6 Å². The first kappa shape index (κ1) is 22.7. The number of carbonyl (C=O) groups is 3. The smallest absolute Gasteiger partial charge is 0.408 e. The fourth-order valence-corrected chi connectivity index (χ4v) is 3.26. The quantitative estimate of drug-likeness (QED) is 0.764. The Morgan fingerprint density at radius 2 is 1.76 bits per heavy atom. The average molecular weight is 404 g/mol. The molecule has 29 heavy (non-hydrogen) atoms. The summed E-state index contributed by atoms with van der Waals surface area (Å²) < 4.78 is 5.10. The van der Waals surface area contributed by atoms with E-state index in [-0.39, 0.29) is 18.4 Å². The minimum atomic E-state index is -0.604. The van der Waals surface area contributed by atoms with Crippen LogP contribution in [0.4, 0.5) is 4.79 Å². The Bertz CT molecular complexity index is 719. The van der Waals surface area contributed by atoms with E-state index in [2.05, 4.69) is 10.6 Å². The van der Waals surface area contributed by atoms with Gasteiger partial charge in [0, 0.05) is 19.6 Å². The van der Waals surface area contributed by atoms with Crippen LogP contribution in [0.3, 0.4) is 0 Å². The second kappa shape index (κ2) is 10.3. The monoisotopic (exact) mass is 403 g/mol. The highest BCUT2D eigenvalue weighted by molar-refractivity contribution is 5.82. The number of hydrogen-bond donors (Lipinski definition) is 2. The van der Waals surface area contributed by atoms with Crippen LogP contribution in [-0.2, 0) is 20.7 Å². The van der Waals surface area contributed by atoms with Crippen LogP contribution in [0.25, 0.3) is 0 Å². The molecule has 0 aliphatic carbocycles. The van der Waals surface area contributed by atoms with Crippen molar-refractivity contribution in [2.24, 2.45) is 5.92 Å². The van der Waals surface area contributed by atoms with Crippen molar-refractivity contribution in [1.29, 1.82) is 0 Å². The zero-order valence-corrected chi connectivity index (χ0v) is 17.9. The van der Waals surface area contributed by atoms with Gasteiger partial charge in [0.2, 0.25) is 11.8 Å². The molecule has 0 aromatic heterocycles. The van der Waals surface area contributed by atoms with Crippen LogP contribution >= 0.6 is 0 Å². The average Bonchev–Trinajstić information content (AvgIpc) is 2.65. The first-order valence-electron chi connectivity index (χ1n) is 10.2. The molecule has 3 amide bonds. The van der Waals surface area contributed by atoms with Gasteiger partial charge in [0.15, 0.2) is 0 Å². The van der Waals surface area contributed by atoms with E-state index in [1.165, 1.54) is 0 Å². The van der Waals surface area contributed by atoms with E-state index >= 15 is 0 Å². The highest BCUT2D eigenvalue weighted by atomic mass is 16.6. The summed E-state index contributed by atoms with van der Waals surface area (Å²) in [7, 11) is 0. The normalized spacial score (nSPS) is 15.0. The third-order valence-electron chi connectivity index (χ3n) is 4.95. The Balaban J connectivity index is 1.65. The van der Waals surface area contributed by atoms with E-state index in [1.54, 1.807) is 20.8 Å². The number of piperidine rings is 1. The van der Waals surface area contributed by atoms with E-state index in [1.807, 2.05) is 36.1 Å². The lowest BCUT2D eigenvalue weighted by Crippen LogP contribution is -2.44. The van der Waals surface area contributed by atoms with Crippen molar-refractivity contribution in [2.45, 2.75) is 52.6 Å². The molecule has 1 aromatic carbocycles. The molecule has 1 heterocycles. The molecule has 0 atom stereocenters. The van der Waals surface area contributed by atoms with Crippen LogP contribution in [0.1, 0.15) is 44.7 Å². The molecule has 2 N–H and O–H groups in total. The molecule has 160 valence electrons. The molecular weight excluding hydrogens is 370 g/mol. The molecule has 7 nitrogen and oxygen atoms in total. The Hall–Kier alpha value is -2.57. The standard InChI is InChI=1S/C22H33N3O4/c1-16-7-5-6-8-18(16)13-20(27)25-11-9-17(10-12-25)14-23-19(26)15-24-21(28)29-22(2,3)4/h5-8,17H,9-15H2,1-4H3,(H,23,26)(H,24,28). The number of carbonyl (C=O) groups excluding carboxylic acids is 3. The molecule has 0 radical (unpaired) electrons. The maximum atomic E-state index is 12.5. The molecule has 0 bridgehead atoms. The molecule has 0 spiro atoms. The van der Waals surface area contributed by atoms with Gasteiger partial charge in [0.1, 0.15) is 5.60 Å². The van der Waals surface area contributed by atoms with Crippen LogP contribution in [0, 0.1) is 12.8 Å². The maximum Gasteiger partial charge on any atom is 0.408 e. The second-order valence-corrected chi connectivity index (χ2v) is 8.59. The van der Waals surface area contributed by atoms with Gasteiger partial charge in [0.05, 0.1) is 13.0 Å². The number of amides is 3. The van der Waals surface area contributed by atoms with Crippen molar-refractivity contribution in [3.05, 3.63) is 35.4 Å². The van der Waals surface area contributed by atoms with E-state index in [4.69, 9.17) is 4.74 Å². The van der Waals surface area contributed by atoms with E-state index in [0.717, 1.165) is 24.0 Å². The van der Waals surface area contributed by atoms with Gasteiger partial charge in [-0.3, -0.25) is 9.59 Å². The minimum absolute atomic E-state index is 0.108. The first-order valence-corrected chi connectivity index (χ1v) is 10.2. The predicted molar refractivity (Wildman–Crippen MR) is 111 cm³/mol. The minimum Gasteiger partial charge on any atom is -0.444 e. The maximum absolute atomic E-state index is 12.5. The number of hydrogen-bond acceptors (Lipinski definition) is 4. The molecule has 0 unspecified atom stereocenters. The Kier molecular flexibility index (Phi) is 8.05. The van der Waals surface area contributed by atoms with Crippen LogP contribution in [0.2, 0.25) is 0 Å². The number of aryl methyl sites for hydroxylation is 1. The number of rotatable bonds is 6. The third-order valence-corrected chi connectivity index (χ3v) is 4.95. The number of alkyl carbamates (subject to hydrolysis) is 1. The number of nitrogens with zero attached hydrogens (tertiary/aromatic N) is 1. The lowest BCUT2D eigenvalue weighted by atomic mass is 9.96. The van der Waals surface area contributed by atoms with E-state index in [9.17, 15) is 14.4 Å². The third kappa shape index (κ3) is 8.13. The zero-order chi connectivity index (χ0) is 21.4. The topological polar surface area (TPSA) is 87.7 Å². The number of ether oxygens (including phenoxy) is 1. The molecule has 1 aromatic rings. The summed E-state index contributed by atoms with van der Waals surface area (Å²) in [6.07, 6.45) is 1.55.